The lowest BCUT2D eigenvalue weighted by atomic mass is 9.90. The van der Waals surface area contributed by atoms with Gasteiger partial charge in [0.25, 0.3) is 0 Å². The maximum Gasteiger partial charge on any atom is 0.335 e. The molecule has 1 aromatic rings. The van der Waals surface area contributed by atoms with E-state index in [4.69, 9.17) is 5.11 Å². The van der Waals surface area contributed by atoms with Crippen molar-refractivity contribution in [2.24, 2.45) is 5.92 Å². The summed E-state index contributed by atoms with van der Waals surface area (Å²) in [4.78, 5) is 24.1. The van der Waals surface area contributed by atoms with E-state index in [1.165, 1.54) is 6.07 Å². The van der Waals surface area contributed by atoms with Gasteiger partial charge in [0, 0.05) is 15.7 Å². The largest absolute Gasteiger partial charge is 0.478 e. The molecular formula is C14H10O3S. The summed E-state index contributed by atoms with van der Waals surface area (Å²) in [6.07, 6.45) is 7.71. The van der Waals surface area contributed by atoms with E-state index in [2.05, 4.69) is 0 Å². The van der Waals surface area contributed by atoms with Gasteiger partial charge in [-0.05, 0) is 18.2 Å². The third kappa shape index (κ3) is 1.69. The number of hydrogen-bond donors (Lipinski definition) is 1. The zero-order chi connectivity index (χ0) is 12.7. The predicted octanol–water partition coefficient (Wildman–Crippen LogP) is 2.78. The molecule has 2 atom stereocenters. The molecule has 1 aliphatic carbocycles. The van der Waals surface area contributed by atoms with Crippen LogP contribution >= 0.6 is 11.8 Å². The lowest BCUT2D eigenvalue weighted by Gasteiger charge is -2.29. The Labute approximate surface area is 108 Å². The van der Waals surface area contributed by atoms with Crippen molar-refractivity contribution in [3.8, 4) is 0 Å². The minimum atomic E-state index is -1.00. The quantitative estimate of drug-likeness (QED) is 0.841. The fourth-order valence-electron chi connectivity index (χ4n) is 2.22. The molecule has 3 nitrogen and oxygen atoms in total. The van der Waals surface area contributed by atoms with Crippen molar-refractivity contribution >= 4 is 23.5 Å². The highest BCUT2D eigenvalue weighted by atomic mass is 32.2. The molecule has 18 heavy (non-hydrogen) atoms. The average Bonchev–Trinajstić information content (AvgIpc) is 2.38. The van der Waals surface area contributed by atoms with Crippen molar-refractivity contribution in [1.82, 2.24) is 0 Å². The van der Waals surface area contributed by atoms with Gasteiger partial charge in [0.1, 0.15) is 0 Å². The summed E-state index contributed by atoms with van der Waals surface area (Å²) in [5.74, 6) is -1.16. The number of hydrogen-bond acceptors (Lipinski definition) is 3. The highest BCUT2D eigenvalue weighted by Gasteiger charge is 2.34. The zero-order valence-corrected chi connectivity index (χ0v) is 10.2. The van der Waals surface area contributed by atoms with E-state index in [-0.39, 0.29) is 22.5 Å². The van der Waals surface area contributed by atoms with Gasteiger partial charge in [-0.2, -0.15) is 0 Å². The molecule has 90 valence electrons. The summed E-state index contributed by atoms with van der Waals surface area (Å²) in [5, 5.41) is 9.09. The molecule has 3 rings (SSSR count). The van der Waals surface area contributed by atoms with Gasteiger partial charge in [-0.3, -0.25) is 4.79 Å². The molecule has 0 fully saturated rings. The van der Waals surface area contributed by atoms with Gasteiger partial charge in [0.2, 0.25) is 0 Å². The molecular weight excluding hydrogens is 248 g/mol. The van der Waals surface area contributed by atoms with Crippen molar-refractivity contribution in [3.63, 3.8) is 0 Å². The summed E-state index contributed by atoms with van der Waals surface area (Å²) >= 11 is 1.61. The number of thioether (sulfide) groups is 1. The normalized spacial score (nSPS) is 24.6. The Hall–Kier alpha value is -1.81. The molecule has 0 saturated carbocycles. The summed E-state index contributed by atoms with van der Waals surface area (Å²) in [6, 6.07) is 4.75. The van der Waals surface area contributed by atoms with E-state index in [0.717, 1.165) is 4.90 Å². The second-order valence-electron chi connectivity index (χ2n) is 4.26. The van der Waals surface area contributed by atoms with Gasteiger partial charge in [-0.15, -0.1) is 11.8 Å². The van der Waals surface area contributed by atoms with E-state index >= 15 is 0 Å². The number of fused-ring (bicyclic) bond motifs is 2. The number of benzene rings is 1. The molecule has 1 aliphatic heterocycles. The first-order valence-corrected chi connectivity index (χ1v) is 6.48. The van der Waals surface area contributed by atoms with Crippen LogP contribution < -0.4 is 0 Å². The van der Waals surface area contributed by atoms with Gasteiger partial charge in [-0.1, -0.05) is 24.3 Å². The van der Waals surface area contributed by atoms with Crippen molar-refractivity contribution in [3.05, 3.63) is 53.6 Å². The molecule has 2 unspecified atom stereocenters. The fourth-order valence-corrected chi connectivity index (χ4v) is 3.48. The van der Waals surface area contributed by atoms with Crippen molar-refractivity contribution in [1.29, 1.82) is 0 Å². The van der Waals surface area contributed by atoms with Gasteiger partial charge >= 0.3 is 5.97 Å². The number of carbonyl (C=O) groups excluding carboxylic acids is 1. The first-order chi connectivity index (χ1) is 8.66. The first-order valence-electron chi connectivity index (χ1n) is 5.60. The maximum absolute atomic E-state index is 12.3. The number of Topliss-reactive ketones (excluding diaryl/α,β-unsaturated/α-hetero) is 1. The van der Waals surface area contributed by atoms with Crippen molar-refractivity contribution in [2.75, 3.05) is 0 Å². The molecule has 4 heteroatoms. The SMILES string of the molecule is O=C(O)c1ccc2c(c1)C(=O)C1C=CC=CC1S2. The Morgan fingerprint density at radius 1 is 1.22 bits per heavy atom. The predicted molar refractivity (Wildman–Crippen MR) is 69.1 cm³/mol. The minimum Gasteiger partial charge on any atom is -0.478 e. The smallest absolute Gasteiger partial charge is 0.335 e. The van der Waals surface area contributed by atoms with Crippen LogP contribution in [-0.2, 0) is 0 Å². The lowest BCUT2D eigenvalue weighted by molar-refractivity contribution is 0.0697. The third-order valence-electron chi connectivity index (χ3n) is 3.14. The average molecular weight is 258 g/mol. The van der Waals surface area contributed by atoms with E-state index in [1.54, 1.807) is 23.9 Å². The fraction of sp³-hybridized carbons (Fsp3) is 0.143. The first kappa shape index (κ1) is 11.3. The van der Waals surface area contributed by atoms with E-state index < -0.39 is 5.97 Å². The standard InChI is InChI=1S/C14H10O3S/c15-13-9-3-1-2-4-11(9)18-12-6-5-8(14(16)17)7-10(12)13/h1-7,9,11H,(H,16,17). The lowest BCUT2D eigenvalue weighted by Crippen LogP contribution is -2.29. The highest BCUT2D eigenvalue weighted by molar-refractivity contribution is 8.00. The maximum atomic E-state index is 12.3. The molecule has 1 heterocycles. The van der Waals surface area contributed by atoms with Crippen molar-refractivity contribution < 1.29 is 14.7 Å². The molecule has 0 saturated heterocycles. The van der Waals surface area contributed by atoms with Crippen LogP contribution in [0.4, 0.5) is 0 Å². The number of allylic oxidation sites excluding steroid dienone is 3. The van der Waals surface area contributed by atoms with Gasteiger partial charge in [0.05, 0.1) is 11.5 Å². The Balaban J connectivity index is 2.08. The molecule has 0 aromatic heterocycles. The van der Waals surface area contributed by atoms with Crippen LogP contribution in [0, 0.1) is 5.92 Å². The second kappa shape index (κ2) is 4.14. The van der Waals surface area contributed by atoms with Crippen LogP contribution in [-0.4, -0.2) is 22.1 Å². The zero-order valence-electron chi connectivity index (χ0n) is 9.37. The summed E-state index contributed by atoms with van der Waals surface area (Å²) in [6.45, 7) is 0. The Morgan fingerprint density at radius 3 is 2.78 bits per heavy atom. The van der Waals surface area contributed by atoms with Crippen LogP contribution in [0.1, 0.15) is 20.7 Å². The molecule has 1 N–H and O–H groups in total. The van der Waals surface area contributed by atoms with Crippen LogP contribution in [0.3, 0.4) is 0 Å². The van der Waals surface area contributed by atoms with Crippen LogP contribution in [0.5, 0.6) is 0 Å². The molecule has 1 aromatic carbocycles. The third-order valence-corrected chi connectivity index (χ3v) is 4.47. The summed E-state index contributed by atoms with van der Waals surface area (Å²) in [5.41, 5.74) is 0.692. The minimum absolute atomic E-state index is 0.0115. The molecule has 0 spiro atoms. The Bertz CT molecular complexity index is 601. The van der Waals surface area contributed by atoms with Crippen LogP contribution in [0.25, 0.3) is 0 Å². The van der Waals surface area contributed by atoms with Crippen molar-refractivity contribution in [2.45, 2.75) is 10.1 Å². The van der Waals surface area contributed by atoms with Crippen LogP contribution in [0.15, 0.2) is 47.4 Å². The van der Waals surface area contributed by atoms with Gasteiger partial charge in [0.15, 0.2) is 5.78 Å². The number of carboxylic acids is 1. The number of carboxylic acid groups (broad SMARTS) is 1. The monoisotopic (exact) mass is 258 g/mol. The number of ketones is 1. The topological polar surface area (TPSA) is 54.4 Å². The van der Waals surface area contributed by atoms with Gasteiger partial charge < -0.3 is 5.11 Å². The molecule has 0 bridgehead atoms. The molecule has 2 aliphatic rings. The van der Waals surface area contributed by atoms with E-state index in [9.17, 15) is 9.59 Å². The molecule has 0 amide bonds. The van der Waals surface area contributed by atoms with Crippen LogP contribution in [0.2, 0.25) is 0 Å². The number of carbonyl (C=O) groups is 2. The van der Waals surface area contributed by atoms with E-state index in [0.29, 0.717) is 5.56 Å². The second-order valence-corrected chi connectivity index (χ2v) is 5.48. The number of aromatic carboxylic acids is 1. The highest BCUT2D eigenvalue weighted by Crippen LogP contribution is 2.41. The summed E-state index contributed by atoms with van der Waals surface area (Å²) < 4.78 is 0. The molecule has 0 radical (unpaired) electrons. The van der Waals surface area contributed by atoms with E-state index in [1.807, 2.05) is 24.3 Å². The van der Waals surface area contributed by atoms with Gasteiger partial charge in [-0.25, -0.2) is 4.79 Å². The summed E-state index contributed by atoms with van der Waals surface area (Å²) in [7, 11) is 0. The Morgan fingerprint density at radius 2 is 2.00 bits per heavy atom. The Kier molecular flexibility index (Phi) is 2.59. The number of rotatable bonds is 1.